The monoisotopic (exact) mass is 276 g/mol. The Bertz CT molecular complexity index is 263. The molecule has 0 aliphatic heterocycles. The molecule has 20 heavy (non-hydrogen) atoms. The summed E-state index contributed by atoms with van der Waals surface area (Å²) in [4.78, 5) is 0. The van der Waals surface area contributed by atoms with Crippen molar-refractivity contribution in [3.63, 3.8) is 0 Å². The van der Waals surface area contributed by atoms with Crippen molar-refractivity contribution in [2.45, 2.75) is 104 Å². The summed E-state index contributed by atoms with van der Waals surface area (Å²) in [6, 6.07) is 0. The third kappa shape index (κ3) is 15.4. The van der Waals surface area contributed by atoms with Crippen molar-refractivity contribution >= 4 is 0 Å². The minimum atomic E-state index is 1.06. The van der Waals surface area contributed by atoms with Crippen LogP contribution in [0, 0.1) is 11.8 Å². The summed E-state index contributed by atoms with van der Waals surface area (Å²) >= 11 is 0. The summed E-state index contributed by atoms with van der Waals surface area (Å²) in [5.74, 6) is 6.53. The Morgan fingerprint density at radius 2 is 1.20 bits per heavy atom. The normalized spacial score (nSPS) is 10.1. The van der Waals surface area contributed by atoms with Crippen LogP contribution in [0.2, 0.25) is 0 Å². The van der Waals surface area contributed by atoms with Gasteiger partial charge in [0.2, 0.25) is 0 Å². The Balaban J connectivity index is 3.32. The zero-order valence-electron chi connectivity index (χ0n) is 14.1. The van der Waals surface area contributed by atoms with Crippen LogP contribution in [-0.4, -0.2) is 0 Å². The first-order valence-corrected chi connectivity index (χ1v) is 8.97. The second kappa shape index (κ2) is 16.4. The van der Waals surface area contributed by atoms with E-state index in [1.807, 2.05) is 0 Å². The van der Waals surface area contributed by atoms with Gasteiger partial charge in [-0.05, 0) is 24.8 Å². The van der Waals surface area contributed by atoms with E-state index in [0.717, 1.165) is 18.4 Å². The van der Waals surface area contributed by atoms with Gasteiger partial charge in [0, 0.05) is 6.42 Å². The van der Waals surface area contributed by atoms with Gasteiger partial charge in [-0.2, -0.15) is 0 Å². The fourth-order valence-electron chi connectivity index (χ4n) is 2.36. The Morgan fingerprint density at radius 3 is 1.80 bits per heavy atom. The predicted molar refractivity (Wildman–Crippen MR) is 92.9 cm³/mol. The van der Waals surface area contributed by atoms with E-state index < -0.39 is 0 Å². The van der Waals surface area contributed by atoms with Gasteiger partial charge in [-0.3, -0.25) is 0 Å². The van der Waals surface area contributed by atoms with Gasteiger partial charge in [-0.1, -0.05) is 96.5 Å². The molecule has 0 aliphatic rings. The van der Waals surface area contributed by atoms with Crippen LogP contribution in [0.5, 0.6) is 0 Å². The third-order valence-corrected chi connectivity index (χ3v) is 3.75. The van der Waals surface area contributed by atoms with E-state index in [2.05, 4.69) is 32.3 Å². The molecule has 0 aliphatic carbocycles. The van der Waals surface area contributed by atoms with E-state index in [1.165, 1.54) is 77.0 Å². The van der Waals surface area contributed by atoms with Gasteiger partial charge in [0.15, 0.2) is 0 Å². The summed E-state index contributed by atoms with van der Waals surface area (Å²) in [5, 5.41) is 0. The van der Waals surface area contributed by atoms with E-state index in [0.29, 0.717) is 0 Å². The van der Waals surface area contributed by atoms with Crippen molar-refractivity contribution in [3.8, 4) is 11.8 Å². The number of unbranched alkanes of at least 4 members (excludes halogenated alkanes) is 11. The van der Waals surface area contributed by atoms with Gasteiger partial charge in [0.1, 0.15) is 0 Å². The zero-order valence-corrected chi connectivity index (χ0v) is 14.1. The smallest absolute Gasteiger partial charge is 0.00923 e. The maximum Gasteiger partial charge on any atom is 0.00923 e. The molecule has 0 heteroatoms. The molecule has 0 N–H and O–H groups in total. The first-order valence-electron chi connectivity index (χ1n) is 8.97. The summed E-state index contributed by atoms with van der Waals surface area (Å²) in [6.07, 6.45) is 18.4. The van der Waals surface area contributed by atoms with Crippen molar-refractivity contribution in [1.29, 1.82) is 0 Å². The molecule has 116 valence electrons. The number of hydrogen-bond donors (Lipinski definition) is 0. The predicted octanol–water partition coefficient (Wildman–Crippen LogP) is 7.05. The molecule has 0 radical (unpaired) electrons. The van der Waals surface area contributed by atoms with E-state index in [9.17, 15) is 0 Å². The van der Waals surface area contributed by atoms with Crippen molar-refractivity contribution < 1.29 is 0 Å². The summed E-state index contributed by atoms with van der Waals surface area (Å²) in [7, 11) is 0. The largest absolute Gasteiger partial charge is 0.0983 e. The zero-order chi connectivity index (χ0) is 14.9. The van der Waals surface area contributed by atoms with Crippen LogP contribution >= 0.6 is 0 Å². The highest BCUT2D eigenvalue weighted by molar-refractivity contribution is 5.25. The second-order valence-electron chi connectivity index (χ2n) is 5.94. The average Bonchev–Trinajstić information content (AvgIpc) is 2.45. The van der Waals surface area contributed by atoms with Gasteiger partial charge >= 0.3 is 0 Å². The van der Waals surface area contributed by atoms with Gasteiger partial charge in [-0.15, -0.1) is 0 Å². The number of hydrogen-bond acceptors (Lipinski definition) is 0. The maximum absolute atomic E-state index is 4.07. The van der Waals surface area contributed by atoms with Gasteiger partial charge in [0.25, 0.3) is 0 Å². The van der Waals surface area contributed by atoms with Crippen LogP contribution < -0.4 is 0 Å². The molecule has 0 rings (SSSR count). The van der Waals surface area contributed by atoms with Crippen LogP contribution in [0.25, 0.3) is 0 Å². The van der Waals surface area contributed by atoms with Crippen LogP contribution in [0.4, 0.5) is 0 Å². The molecule has 0 unspecified atom stereocenters. The molecular weight excluding hydrogens is 240 g/mol. The van der Waals surface area contributed by atoms with Crippen molar-refractivity contribution in [2.24, 2.45) is 0 Å². The molecule has 0 saturated carbocycles. The Morgan fingerprint density at radius 1 is 0.700 bits per heavy atom. The van der Waals surface area contributed by atoms with Crippen LogP contribution in [0.15, 0.2) is 12.2 Å². The van der Waals surface area contributed by atoms with E-state index in [4.69, 9.17) is 0 Å². The van der Waals surface area contributed by atoms with E-state index >= 15 is 0 Å². The molecule has 0 atom stereocenters. The standard InChI is InChI=1S/C20H36/c1-4-6-8-10-12-13-15-17-19-20(3)18-16-14-11-9-7-5-2/h3-16,18H2,1-2H3. The lowest BCUT2D eigenvalue weighted by atomic mass is 10.1. The minimum Gasteiger partial charge on any atom is -0.0983 e. The summed E-state index contributed by atoms with van der Waals surface area (Å²) in [6.45, 7) is 8.60. The summed E-state index contributed by atoms with van der Waals surface area (Å²) < 4.78 is 0. The molecule has 0 aromatic rings. The molecule has 0 heterocycles. The highest BCUT2D eigenvalue weighted by atomic mass is 14.0. The quantitative estimate of drug-likeness (QED) is 0.250. The first kappa shape index (κ1) is 19.3. The third-order valence-electron chi connectivity index (χ3n) is 3.75. The van der Waals surface area contributed by atoms with Crippen LogP contribution in [-0.2, 0) is 0 Å². The highest BCUT2D eigenvalue weighted by Gasteiger charge is 1.92. The number of rotatable bonds is 13. The topological polar surface area (TPSA) is 0 Å². The highest BCUT2D eigenvalue weighted by Crippen LogP contribution is 2.10. The van der Waals surface area contributed by atoms with E-state index in [1.54, 1.807) is 0 Å². The van der Waals surface area contributed by atoms with Crippen LogP contribution in [0.3, 0.4) is 0 Å². The SMILES string of the molecule is C=C(C#CCCCCCCCC)CCCCCCCC. The molecule has 0 nitrogen and oxygen atoms in total. The van der Waals surface area contributed by atoms with Gasteiger partial charge in [-0.25, -0.2) is 0 Å². The Labute approximate surface area is 128 Å². The lowest BCUT2D eigenvalue weighted by molar-refractivity contribution is 0.609. The maximum atomic E-state index is 4.07. The lowest BCUT2D eigenvalue weighted by Gasteiger charge is -2.00. The fourth-order valence-corrected chi connectivity index (χ4v) is 2.36. The molecule has 0 bridgehead atoms. The summed E-state index contributed by atoms with van der Waals surface area (Å²) in [5.41, 5.74) is 1.14. The van der Waals surface area contributed by atoms with Crippen molar-refractivity contribution in [1.82, 2.24) is 0 Å². The molecule has 0 aromatic heterocycles. The first-order chi connectivity index (χ1) is 9.81. The van der Waals surface area contributed by atoms with Gasteiger partial charge in [0.05, 0.1) is 0 Å². The molecule has 0 aromatic carbocycles. The second-order valence-corrected chi connectivity index (χ2v) is 5.94. The Hall–Kier alpha value is -0.700. The Kier molecular flexibility index (Phi) is 15.8. The van der Waals surface area contributed by atoms with Gasteiger partial charge < -0.3 is 0 Å². The number of allylic oxidation sites excluding steroid dienone is 1. The van der Waals surface area contributed by atoms with Crippen molar-refractivity contribution in [3.05, 3.63) is 12.2 Å². The molecule has 0 spiro atoms. The molecule has 0 saturated heterocycles. The lowest BCUT2D eigenvalue weighted by Crippen LogP contribution is -1.82. The fraction of sp³-hybridized carbons (Fsp3) is 0.800. The van der Waals surface area contributed by atoms with Crippen molar-refractivity contribution in [2.75, 3.05) is 0 Å². The minimum absolute atomic E-state index is 1.06. The van der Waals surface area contributed by atoms with Crippen LogP contribution in [0.1, 0.15) is 104 Å². The molecule has 0 amide bonds. The van der Waals surface area contributed by atoms with E-state index in [-0.39, 0.29) is 0 Å². The molecule has 0 fully saturated rings. The average molecular weight is 277 g/mol. The molecular formula is C20H36.